The summed E-state index contributed by atoms with van der Waals surface area (Å²) in [5.41, 5.74) is -2.88. The van der Waals surface area contributed by atoms with Gasteiger partial charge in [-0.15, -0.1) is 10.2 Å². The minimum atomic E-state index is -5.84. The van der Waals surface area contributed by atoms with Crippen LogP contribution >= 0.6 is 13.5 Å². The number of methoxy groups -OCH3 is 2. The van der Waals surface area contributed by atoms with Gasteiger partial charge in [0.1, 0.15) is 48.8 Å². The van der Waals surface area contributed by atoms with Gasteiger partial charge in [0.25, 0.3) is 5.91 Å². The summed E-state index contributed by atoms with van der Waals surface area (Å²) in [4.78, 5) is 22.3. The van der Waals surface area contributed by atoms with E-state index in [1.165, 1.54) is 13.8 Å². The van der Waals surface area contributed by atoms with Gasteiger partial charge in [-0.3, -0.25) is 18.0 Å². The third-order valence-electron chi connectivity index (χ3n) is 8.92. The molecule has 1 amide bonds. The van der Waals surface area contributed by atoms with E-state index in [-0.39, 0.29) is 166 Å². The molecule has 0 fully saturated rings. The Labute approximate surface area is 514 Å². The smallest absolute Gasteiger partial charge is 0.744 e. The maximum Gasteiger partial charge on any atom is 1.00 e. The van der Waals surface area contributed by atoms with E-state index in [2.05, 4.69) is 28.8 Å². The van der Waals surface area contributed by atoms with Crippen molar-refractivity contribution in [1.29, 1.82) is 0 Å². The number of ether oxygens (including phenoxy) is 2. The van der Waals surface area contributed by atoms with E-state index in [1.54, 1.807) is 0 Å². The maximum atomic E-state index is 13.5. The van der Waals surface area contributed by atoms with E-state index >= 15 is 0 Å². The first-order valence-corrected chi connectivity index (χ1v) is 26.8. The number of aryl methyl sites for hydroxylation is 2. The molecule has 0 radical (unpaired) electrons. The first kappa shape index (κ1) is 73.8. The Morgan fingerprint density at radius 1 is 0.630 bits per heavy atom. The van der Waals surface area contributed by atoms with Gasteiger partial charge >= 0.3 is 118 Å². The van der Waals surface area contributed by atoms with Crippen molar-refractivity contribution >= 4 is 119 Å². The SMILES string of the molecule is COc1cc(S(=O)(=O)CCOS(=O)(=O)[O-])c(C)cc1N=Nc1c(S(=O)(=O)[O-])cc2c(S(=O)(=O)[O-])c(NC(=O)C(N=Nc3cc(C)c(S(=O)(=O)CCOS(=O)(=O)[O-])cc3OC)C(C)=O)ccc2c1O.S.[Na+].[Na+].[Na+].[Na+]. The van der Waals surface area contributed by atoms with Crippen LogP contribution in [0.1, 0.15) is 18.1 Å². The second-order valence-corrected chi connectivity index (χ2v) is 22.5. The third kappa shape index (κ3) is 19.8. The van der Waals surface area contributed by atoms with Gasteiger partial charge in [-0.05, 0) is 62.2 Å². The Kier molecular flexibility index (Phi) is 29.4. The number of carbonyl (C=O) groups excluding carboxylic acids is 2. The number of nitrogens with zero attached hydrogens (tertiary/aromatic N) is 4. The van der Waals surface area contributed by atoms with Crippen LogP contribution in [0.2, 0.25) is 0 Å². The van der Waals surface area contributed by atoms with Crippen LogP contribution in [0.5, 0.6) is 17.2 Å². The van der Waals surface area contributed by atoms with Crippen LogP contribution in [-0.4, -0.2) is 130 Å². The fourth-order valence-corrected chi connectivity index (χ4v) is 10.9. The van der Waals surface area contributed by atoms with Crippen molar-refractivity contribution in [3.05, 3.63) is 53.6 Å². The monoisotopic (exact) mass is 1200 g/mol. The summed E-state index contributed by atoms with van der Waals surface area (Å²) in [6.45, 7) is 1.26. The summed E-state index contributed by atoms with van der Waals surface area (Å²) < 4.78 is 210. The van der Waals surface area contributed by atoms with Crippen molar-refractivity contribution in [2.75, 3.05) is 44.3 Å². The van der Waals surface area contributed by atoms with Gasteiger partial charge in [0.15, 0.2) is 31.2 Å². The number of azo groups is 2. The number of amides is 1. The topological polar surface area (TPSA) is 450 Å². The van der Waals surface area contributed by atoms with Crippen molar-refractivity contribution in [3.63, 3.8) is 0 Å². The molecule has 73 heavy (non-hydrogen) atoms. The predicted molar refractivity (Wildman–Crippen MR) is 235 cm³/mol. The Bertz CT molecular complexity index is 3500. The van der Waals surface area contributed by atoms with Gasteiger partial charge < -0.3 is 38.1 Å². The molecule has 1 unspecified atom stereocenters. The number of nitrogens with one attached hydrogen (secondary N) is 1. The molecule has 4 aromatic carbocycles. The molecule has 0 aliphatic carbocycles. The standard InChI is InChI=1S/C34H37N5O23S6.4Na.H2S/c1-17-12-23(25(59-4)15-27(17)63(43,44)10-8-61-67(53,54)55)36-38-30(19(3)40)34(42)35-22-7-6-20-21(33(22)66(50,51)52)14-29(65(47,48)49)31(32(20)41)39-37-24-13-18(2)28(16-26(24)60-5)64(45,46)11-9-62-68(56,57)58;;;;;/h6-7,12-16,30,41H,8-11H2,1-5H3,(H,35,42)(H,47,48,49)(H,50,51,52)(H,53,54,55)(H,56,57,58);;;;;1H2/q;4*+1;/p-4. The van der Waals surface area contributed by atoms with E-state index in [9.17, 15) is 83.4 Å². The molecule has 0 saturated heterocycles. The van der Waals surface area contributed by atoms with Gasteiger partial charge in [-0.2, -0.15) is 23.7 Å². The van der Waals surface area contributed by atoms with E-state index < -0.39 is 151 Å². The Hall–Kier alpha value is -1.31. The number of benzene rings is 4. The van der Waals surface area contributed by atoms with E-state index in [1.807, 2.05) is 5.32 Å². The Morgan fingerprint density at radius 2 is 1.07 bits per heavy atom. The summed E-state index contributed by atoms with van der Waals surface area (Å²) >= 11 is 0. The number of fused-ring (bicyclic) bond motifs is 1. The fraction of sp³-hybridized carbons (Fsp3) is 0.294. The van der Waals surface area contributed by atoms with Gasteiger partial charge in [-0.1, -0.05) is 0 Å². The minimum absolute atomic E-state index is 0. The molecule has 0 aliphatic heterocycles. The summed E-state index contributed by atoms with van der Waals surface area (Å²) in [6, 6.07) is 3.61. The molecule has 0 aliphatic rings. The molecule has 0 aromatic heterocycles. The molecule has 28 nitrogen and oxygen atoms in total. The number of hydrogen-bond acceptors (Lipinski definition) is 27. The number of ketones is 1. The van der Waals surface area contributed by atoms with Crippen molar-refractivity contribution in [2.45, 2.75) is 46.4 Å². The molecule has 39 heteroatoms. The number of sulfone groups is 2. The van der Waals surface area contributed by atoms with Crippen LogP contribution < -0.4 is 133 Å². The van der Waals surface area contributed by atoms with Crippen molar-refractivity contribution in [3.8, 4) is 17.2 Å². The van der Waals surface area contributed by atoms with E-state index in [4.69, 9.17) is 9.47 Å². The van der Waals surface area contributed by atoms with Crippen LogP contribution in [0.25, 0.3) is 10.8 Å². The number of aromatic hydroxyl groups is 1. The van der Waals surface area contributed by atoms with Crippen molar-refractivity contribution < 1.29 is 219 Å². The number of anilines is 1. The number of Topliss-reactive ketones (excluding diaryl/α,β-unsaturated/α-hetero) is 1. The molecule has 380 valence electrons. The van der Waals surface area contributed by atoms with Crippen LogP contribution in [0.15, 0.2) is 82.5 Å². The number of rotatable bonds is 21. The molecule has 2 N–H and O–H groups in total. The van der Waals surface area contributed by atoms with Gasteiger partial charge in [0, 0.05) is 22.9 Å². The average Bonchev–Trinajstić information content (AvgIpc) is 3.18. The molecular weight excluding hydrogens is 1160 g/mol. The van der Waals surface area contributed by atoms with E-state index in [0.29, 0.717) is 6.07 Å². The van der Waals surface area contributed by atoms with Gasteiger partial charge in [0.2, 0.25) is 26.8 Å². The zero-order valence-corrected chi connectivity index (χ0v) is 53.5. The molecule has 4 rings (SSSR count). The van der Waals surface area contributed by atoms with Crippen LogP contribution in [0, 0.1) is 13.8 Å². The average molecular weight is 1200 g/mol. The first-order valence-electron chi connectivity index (χ1n) is 18.0. The Morgan fingerprint density at radius 3 is 1.45 bits per heavy atom. The van der Waals surface area contributed by atoms with Crippen molar-refractivity contribution in [2.24, 2.45) is 20.5 Å². The summed E-state index contributed by atoms with van der Waals surface area (Å²) in [5, 5.41) is 26.4. The largest absolute Gasteiger partial charge is 1.00 e. The van der Waals surface area contributed by atoms with Crippen LogP contribution in [0.4, 0.5) is 22.7 Å². The molecular formula is C34H35N5Na4O23S7. The van der Waals surface area contributed by atoms with E-state index in [0.717, 1.165) is 57.5 Å². The molecule has 4 aromatic rings. The maximum absolute atomic E-state index is 13.5. The molecule has 0 heterocycles. The van der Waals surface area contributed by atoms with Gasteiger partial charge in [0.05, 0.1) is 64.2 Å². The Balaban J connectivity index is 0. The van der Waals surface area contributed by atoms with Crippen LogP contribution in [0.3, 0.4) is 0 Å². The molecule has 0 spiro atoms. The molecule has 0 saturated carbocycles. The molecule has 0 bridgehead atoms. The fourth-order valence-electron chi connectivity index (χ4n) is 5.96. The zero-order valence-electron chi connectivity index (χ0n) is 39.6. The second kappa shape index (κ2) is 29.1. The number of hydrogen-bond donors (Lipinski definition) is 2. The predicted octanol–water partition coefficient (Wildman–Crippen LogP) is -10.3. The molecule has 1 atom stereocenters. The van der Waals surface area contributed by atoms with Crippen LogP contribution in [-0.2, 0) is 78.7 Å². The zero-order chi connectivity index (χ0) is 51.5. The van der Waals surface area contributed by atoms with Crippen molar-refractivity contribution in [1.82, 2.24) is 0 Å². The normalized spacial score (nSPS) is 12.6. The van der Waals surface area contributed by atoms with Gasteiger partial charge in [-0.25, -0.2) is 50.5 Å². The number of phenolic OH excluding ortho intramolecular Hbond substituents is 1. The second-order valence-electron chi connectivity index (χ2n) is 13.6. The summed E-state index contributed by atoms with van der Waals surface area (Å²) in [5.74, 6) is -6.45. The number of phenols is 1. The third-order valence-corrected chi connectivity index (χ3v) is 15.2. The number of carbonyl (C=O) groups is 2. The summed E-state index contributed by atoms with van der Waals surface area (Å²) in [7, 11) is -28.7. The first-order chi connectivity index (χ1) is 31.1. The quantitative estimate of drug-likeness (QED) is 0.0257. The summed E-state index contributed by atoms with van der Waals surface area (Å²) in [6.07, 6.45) is 0. The minimum Gasteiger partial charge on any atom is -0.744 e.